The van der Waals surface area contributed by atoms with Crippen molar-refractivity contribution in [1.82, 2.24) is 9.62 Å². The van der Waals surface area contributed by atoms with Crippen LogP contribution >= 0.6 is 0 Å². The van der Waals surface area contributed by atoms with Gasteiger partial charge in [-0.25, -0.2) is 8.42 Å². The van der Waals surface area contributed by atoms with Gasteiger partial charge in [-0.3, -0.25) is 4.79 Å². The van der Waals surface area contributed by atoms with Crippen molar-refractivity contribution >= 4 is 15.9 Å². The molecule has 0 spiro atoms. The number of sulfonamides is 1. The molecule has 1 saturated heterocycles. The molecule has 1 amide bonds. The number of benzene rings is 1. The minimum atomic E-state index is -3.82. The Morgan fingerprint density at radius 1 is 1.12 bits per heavy atom. The van der Waals surface area contributed by atoms with Crippen molar-refractivity contribution in [3.63, 3.8) is 0 Å². The van der Waals surface area contributed by atoms with Gasteiger partial charge in [0.25, 0.3) is 0 Å². The molecule has 1 aromatic rings. The van der Waals surface area contributed by atoms with Gasteiger partial charge in [0, 0.05) is 13.1 Å². The number of likely N-dealkylation sites (tertiary alicyclic amines) is 1. The van der Waals surface area contributed by atoms with E-state index in [-0.39, 0.29) is 16.7 Å². The normalized spacial score (nSPS) is 16.6. The van der Waals surface area contributed by atoms with Gasteiger partial charge < -0.3 is 9.64 Å². The van der Waals surface area contributed by atoms with Crippen LogP contribution in [-0.2, 0) is 14.8 Å². The SMILES string of the molecule is COc1cc(C)c(S(=O)(=O)N[C@H](C(=O)N2CCCCC2)C(C)C)cc1C. The Morgan fingerprint density at radius 3 is 2.27 bits per heavy atom. The Kier molecular flexibility index (Phi) is 6.69. The zero-order chi connectivity index (χ0) is 19.5. The minimum absolute atomic E-state index is 0.133. The first-order valence-corrected chi connectivity index (χ1v) is 10.6. The number of rotatable bonds is 6. The lowest BCUT2D eigenvalue weighted by atomic mass is 10.0. The first-order chi connectivity index (χ1) is 12.2. The second-order valence-corrected chi connectivity index (χ2v) is 9.00. The van der Waals surface area contributed by atoms with E-state index in [4.69, 9.17) is 4.74 Å². The molecule has 0 aromatic heterocycles. The van der Waals surface area contributed by atoms with E-state index in [0.717, 1.165) is 24.8 Å². The monoisotopic (exact) mass is 382 g/mol. The van der Waals surface area contributed by atoms with E-state index in [0.29, 0.717) is 24.4 Å². The third-order valence-electron chi connectivity index (χ3n) is 4.86. The number of piperidine rings is 1. The van der Waals surface area contributed by atoms with Crippen LogP contribution in [-0.4, -0.2) is 45.5 Å². The zero-order valence-electron chi connectivity index (χ0n) is 16.3. The number of hydrogen-bond acceptors (Lipinski definition) is 4. The van der Waals surface area contributed by atoms with Crippen LogP contribution in [0.2, 0.25) is 0 Å². The first kappa shape index (κ1) is 20.7. The van der Waals surface area contributed by atoms with E-state index in [1.165, 1.54) is 0 Å². The standard InChI is InChI=1S/C19H30N2O4S/c1-13(2)18(19(22)21-9-7-6-8-10-21)20-26(23,24)17-12-14(3)16(25-5)11-15(17)4/h11-13,18,20H,6-10H2,1-5H3/t18-/m0/s1. The van der Waals surface area contributed by atoms with Crippen molar-refractivity contribution in [3.05, 3.63) is 23.3 Å². The lowest BCUT2D eigenvalue weighted by Crippen LogP contribution is -2.52. The van der Waals surface area contributed by atoms with Crippen LogP contribution in [0.15, 0.2) is 17.0 Å². The average molecular weight is 383 g/mol. The molecule has 0 aliphatic carbocycles. The Labute approximate surface area is 157 Å². The van der Waals surface area contributed by atoms with E-state index >= 15 is 0 Å². The summed E-state index contributed by atoms with van der Waals surface area (Å²) in [6.45, 7) is 8.65. The smallest absolute Gasteiger partial charge is 0.241 e. The largest absolute Gasteiger partial charge is 0.496 e. The van der Waals surface area contributed by atoms with Gasteiger partial charge in [0.2, 0.25) is 15.9 Å². The molecule has 0 unspecified atom stereocenters. The lowest BCUT2D eigenvalue weighted by molar-refractivity contribution is -0.134. The molecule has 1 aliphatic heterocycles. The second-order valence-electron chi connectivity index (χ2n) is 7.32. The van der Waals surface area contributed by atoms with Gasteiger partial charge in [-0.05, 0) is 62.3 Å². The maximum Gasteiger partial charge on any atom is 0.241 e. The van der Waals surface area contributed by atoms with E-state index < -0.39 is 16.1 Å². The molecule has 1 aliphatic rings. The van der Waals surface area contributed by atoms with Crippen LogP contribution in [0.25, 0.3) is 0 Å². The maximum absolute atomic E-state index is 13.0. The van der Waals surface area contributed by atoms with E-state index in [2.05, 4.69) is 4.72 Å². The molecule has 146 valence electrons. The number of carbonyl (C=O) groups excluding carboxylic acids is 1. The molecule has 1 fully saturated rings. The summed E-state index contributed by atoms with van der Waals surface area (Å²) in [7, 11) is -2.26. The molecule has 1 N–H and O–H groups in total. The van der Waals surface area contributed by atoms with Gasteiger partial charge in [0.15, 0.2) is 0 Å². The van der Waals surface area contributed by atoms with Gasteiger partial charge in [-0.2, -0.15) is 4.72 Å². The molecule has 2 rings (SSSR count). The summed E-state index contributed by atoms with van der Waals surface area (Å²) in [5, 5.41) is 0. The number of carbonyl (C=O) groups is 1. The summed E-state index contributed by atoms with van der Waals surface area (Å²) in [4.78, 5) is 14.8. The van der Waals surface area contributed by atoms with E-state index in [1.807, 2.05) is 13.8 Å². The van der Waals surface area contributed by atoms with E-state index in [9.17, 15) is 13.2 Å². The van der Waals surface area contributed by atoms with E-state index in [1.54, 1.807) is 38.0 Å². The van der Waals surface area contributed by atoms with Crippen LogP contribution in [0.1, 0.15) is 44.2 Å². The van der Waals surface area contributed by atoms with Gasteiger partial charge in [0.1, 0.15) is 11.8 Å². The third kappa shape index (κ3) is 4.57. The van der Waals surface area contributed by atoms with Crippen molar-refractivity contribution in [2.24, 2.45) is 5.92 Å². The number of ether oxygens (including phenoxy) is 1. The van der Waals surface area contributed by atoms with Gasteiger partial charge >= 0.3 is 0 Å². The molecule has 6 nitrogen and oxygen atoms in total. The number of nitrogens with zero attached hydrogens (tertiary/aromatic N) is 1. The van der Waals surface area contributed by atoms with Crippen LogP contribution < -0.4 is 9.46 Å². The van der Waals surface area contributed by atoms with Crippen molar-refractivity contribution in [2.45, 2.75) is 57.9 Å². The number of methoxy groups -OCH3 is 1. The molecule has 0 radical (unpaired) electrons. The highest BCUT2D eigenvalue weighted by Crippen LogP contribution is 2.26. The minimum Gasteiger partial charge on any atom is -0.496 e. The lowest BCUT2D eigenvalue weighted by Gasteiger charge is -2.32. The van der Waals surface area contributed by atoms with Gasteiger partial charge in [-0.15, -0.1) is 0 Å². The Morgan fingerprint density at radius 2 is 1.73 bits per heavy atom. The predicted octanol–water partition coefficient (Wildman–Crippen LogP) is 2.63. The molecule has 0 bridgehead atoms. The summed E-state index contributed by atoms with van der Waals surface area (Å²) < 4.78 is 33.9. The number of aryl methyl sites for hydroxylation is 2. The molecule has 1 atom stereocenters. The van der Waals surface area contributed by atoms with Gasteiger partial charge in [-0.1, -0.05) is 13.8 Å². The molecule has 0 saturated carbocycles. The molecule has 1 heterocycles. The summed E-state index contributed by atoms with van der Waals surface area (Å²) in [5.74, 6) is 0.372. The molecular formula is C19H30N2O4S. The fourth-order valence-electron chi connectivity index (χ4n) is 3.29. The second kappa shape index (κ2) is 8.39. The third-order valence-corrected chi connectivity index (χ3v) is 6.45. The molecule has 1 aromatic carbocycles. The van der Waals surface area contributed by atoms with Crippen LogP contribution in [0.3, 0.4) is 0 Å². The summed E-state index contributed by atoms with van der Waals surface area (Å²) in [5.41, 5.74) is 1.33. The van der Waals surface area contributed by atoms with Crippen LogP contribution in [0, 0.1) is 19.8 Å². The highest BCUT2D eigenvalue weighted by Gasteiger charge is 2.32. The number of hydrogen-bond donors (Lipinski definition) is 1. The van der Waals surface area contributed by atoms with Crippen molar-refractivity contribution in [3.8, 4) is 5.75 Å². The van der Waals surface area contributed by atoms with Gasteiger partial charge in [0.05, 0.1) is 12.0 Å². The van der Waals surface area contributed by atoms with Crippen molar-refractivity contribution < 1.29 is 17.9 Å². The average Bonchev–Trinajstić information content (AvgIpc) is 2.61. The topological polar surface area (TPSA) is 75.7 Å². The van der Waals surface area contributed by atoms with Crippen LogP contribution in [0.5, 0.6) is 5.75 Å². The maximum atomic E-state index is 13.0. The molecular weight excluding hydrogens is 352 g/mol. The fourth-order valence-corrected chi connectivity index (χ4v) is 4.93. The highest BCUT2D eigenvalue weighted by atomic mass is 32.2. The summed E-state index contributed by atoms with van der Waals surface area (Å²) in [6.07, 6.45) is 3.06. The first-order valence-electron chi connectivity index (χ1n) is 9.13. The highest BCUT2D eigenvalue weighted by molar-refractivity contribution is 7.89. The number of nitrogens with one attached hydrogen (secondary N) is 1. The van der Waals surface area contributed by atoms with Crippen molar-refractivity contribution in [2.75, 3.05) is 20.2 Å². The summed E-state index contributed by atoms with van der Waals surface area (Å²) in [6, 6.07) is 2.54. The quantitative estimate of drug-likeness (QED) is 0.821. The Balaban J connectivity index is 2.29. The predicted molar refractivity (Wildman–Crippen MR) is 102 cm³/mol. The molecule has 26 heavy (non-hydrogen) atoms. The Hall–Kier alpha value is -1.60. The fraction of sp³-hybridized carbons (Fsp3) is 0.632. The summed E-state index contributed by atoms with van der Waals surface area (Å²) >= 11 is 0. The van der Waals surface area contributed by atoms with Crippen molar-refractivity contribution in [1.29, 1.82) is 0 Å². The molecule has 7 heteroatoms. The number of amides is 1. The Bertz CT molecular complexity index is 753. The zero-order valence-corrected chi connectivity index (χ0v) is 17.1. The van der Waals surface area contributed by atoms with Crippen LogP contribution in [0.4, 0.5) is 0 Å².